The number of phenols is 1. The van der Waals surface area contributed by atoms with Crippen LogP contribution >= 0.6 is 0 Å². The maximum atomic E-state index is 12.6. The summed E-state index contributed by atoms with van der Waals surface area (Å²) < 4.78 is 11.5. The Morgan fingerprint density at radius 2 is 1.96 bits per heavy atom. The number of carbonyl (C=O) groups excluding carboxylic acids is 1. The Labute approximate surface area is 144 Å². The number of benzene rings is 1. The summed E-state index contributed by atoms with van der Waals surface area (Å²) >= 11 is 0. The maximum absolute atomic E-state index is 12.6. The lowest BCUT2D eigenvalue weighted by Crippen LogP contribution is -2.51. The maximum Gasteiger partial charge on any atom is 0.263 e. The number of rotatable bonds is 6. The Balaban J connectivity index is 2.12. The van der Waals surface area contributed by atoms with E-state index in [1.165, 1.54) is 0 Å². The summed E-state index contributed by atoms with van der Waals surface area (Å²) in [6, 6.07) is 0. The molecular formula is C19H29NO4. The fraction of sp³-hybridized carbons (Fsp3) is 0.632. The third kappa shape index (κ3) is 3.51. The van der Waals surface area contributed by atoms with Gasteiger partial charge in [0.2, 0.25) is 0 Å². The molecular weight excluding hydrogens is 306 g/mol. The molecule has 1 atom stereocenters. The third-order valence-corrected chi connectivity index (χ3v) is 4.88. The molecule has 2 N–H and O–H groups in total. The van der Waals surface area contributed by atoms with Gasteiger partial charge >= 0.3 is 0 Å². The molecule has 0 spiro atoms. The normalized spacial score (nSPS) is 19.5. The van der Waals surface area contributed by atoms with Crippen molar-refractivity contribution >= 4 is 5.91 Å². The predicted octanol–water partition coefficient (Wildman–Crippen LogP) is 2.94. The molecule has 2 rings (SSSR count). The Bertz CT molecular complexity index is 627. The SMILES string of the molecule is CCCOCCNC(=O)C1(C)CCc2c(C)c(O)c(C)c(C)c2O1. The summed E-state index contributed by atoms with van der Waals surface area (Å²) in [6.07, 6.45) is 2.27. The summed E-state index contributed by atoms with van der Waals surface area (Å²) in [5.41, 5.74) is 2.68. The van der Waals surface area contributed by atoms with Gasteiger partial charge in [0.1, 0.15) is 11.5 Å². The minimum absolute atomic E-state index is 0.115. The minimum atomic E-state index is -0.891. The molecule has 5 nitrogen and oxygen atoms in total. The van der Waals surface area contributed by atoms with Crippen molar-refractivity contribution < 1.29 is 19.4 Å². The van der Waals surface area contributed by atoms with Crippen LogP contribution in [0.2, 0.25) is 0 Å². The molecule has 1 aromatic carbocycles. The second kappa shape index (κ2) is 7.43. The first-order chi connectivity index (χ1) is 11.3. The molecule has 1 aromatic rings. The van der Waals surface area contributed by atoms with E-state index in [9.17, 15) is 9.90 Å². The van der Waals surface area contributed by atoms with Gasteiger partial charge in [-0.2, -0.15) is 0 Å². The van der Waals surface area contributed by atoms with Gasteiger partial charge < -0.3 is 19.9 Å². The number of carbonyl (C=O) groups is 1. The van der Waals surface area contributed by atoms with E-state index in [-0.39, 0.29) is 5.91 Å². The fourth-order valence-corrected chi connectivity index (χ4v) is 3.08. The van der Waals surface area contributed by atoms with Crippen molar-refractivity contribution in [2.75, 3.05) is 19.8 Å². The Hall–Kier alpha value is -1.75. The summed E-state index contributed by atoms with van der Waals surface area (Å²) in [5, 5.41) is 13.1. The number of fused-ring (bicyclic) bond motifs is 1. The number of aromatic hydroxyl groups is 1. The van der Waals surface area contributed by atoms with Crippen LogP contribution in [0.3, 0.4) is 0 Å². The lowest BCUT2D eigenvalue weighted by molar-refractivity contribution is -0.137. The highest BCUT2D eigenvalue weighted by molar-refractivity contribution is 5.85. The molecule has 0 aliphatic carbocycles. The van der Waals surface area contributed by atoms with E-state index >= 15 is 0 Å². The van der Waals surface area contributed by atoms with Crippen LogP contribution in [0.4, 0.5) is 0 Å². The molecule has 0 bridgehead atoms. The molecule has 1 heterocycles. The molecule has 1 unspecified atom stereocenters. The largest absolute Gasteiger partial charge is 0.507 e. The first-order valence-corrected chi connectivity index (χ1v) is 8.68. The van der Waals surface area contributed by atoms with Gasteiger partial charge in [-0.25, -0.2) is 0 Å². The fourth-order valence-electron chi connectivity index (χ4n) is 3.08. The van der Waals surface area contributed by atoms with Gasteiger partial charge in [0.05, 0.1) is 6.61 Å². The predicted molar refractivity (Wildman–Crippen MR) is 93.8 cm³/mol. The minimum Gasteiger partial charge on any atom is -0.507 e. The smallest absolute Gasteiger partial charge is 0.263 e. The summed E-state index contributed by atoms with van der Waals surface area (Å²) in [6.45, 7) is 11.3. The van der Waals surface area contributed by atoms with Gasteiger partial charge in [-0.3, -0.25) is 4.79 Å². The van der Waals surface area contributed by atoms with Crippen LogP contribution in [0.1, 0.15) is 48.9 Å². The molecule has 0 fully saturated rings. The average molecular weight is 335 g/mol. The zero-order valence-corrected chi connectivity index (χ0v) is 15.4. The molecule has 134 valence electrons. The summed E-state index contributed by atoms with van der Waals surface area (Å²) in [4.78, 5) is 12.6. The quantitative estimate of drug-likeness (QED) is 0.784. The van der Waals surface area contributed by atoms with E-state index in [2.05, 4.69) is 12.2 Å². The van der Waals surface area contributed by atoms with E-state index in [0.29, 0.717) is 38.3 Å². The van der Waals surface area contributed by atoms with Crippen molar-refractivity contribution in [3.63, 3.8) is 0 Å². The monoisotopic (exact) mass is 335 g/mol. The molecule has 1 aliphatic heterocycles. The van der Waals surface area contributed by atoms with Crippen LogP contribution in [-0.4, -0.2) is 36.4 Å². The van der Waals surface area contributed by atoms with Crippen LogP contribution in [0.15, 0.2) is 0 Å². The number of ether oxygens (including phenoxy) is 2. The highest BCUT2D eigenvalue weighted by Crippen LogP contribution is 2.43. The van der Waals surface area contributed by atoms with Crippen LogP contribution in [0, 0.1) is 20.8 Å². The van der Waals surface area contributed by atoms with Crippen molar-refractivity contribution in [3.8, 4) is 11.5 Å². The first kappa shape index (κ1) is 18.6. The van der Waals surface area contributed by atoms with E-state index < -0.39 is 5.60 Å². The van der Waals surface area contributed by atoms with Crippen molar-refractivity contribution in [1.29, 1.82) is 0 Å². The molecule has 0 radical (unpaired) electrons. The summed E-state index contributed by atoms with van der Waals surface area (Å²) in [7, 11) is 0. The van der Waals surface area contributed by atoms with Crippen molar-refractivity contribution in [3.05, 3.63) is 22.3 Å². The molecule has 5 heteroatoms. The number of phenolic OH excluding ortho intramolecular Hbond substituents is 1. The number of nitrogens with one attached hydrogen (secondary N) is 1. The van der Waals surface area contributed by atoms with Gasteiger partial charge in [0.25, 0.3) is 5.91 Å². The number of hydrogen-bond donors (Lipinski definition) is 2. The molecule has 24 heavy (non-hydrogen) atoms. The first-order valence-electron chi connectivity index (χ1n) is 8.68. The van der Waals surface area contributed by atoms with Crippen LogP contribution < -0.4 is 10.1 Å². The second-order valence-corrected chi connectivity index (χ2v) is 6.73. The topological polar surface area (TPSA) is 67.8 Å². The number of hydrogen-bond acceptors (Lipinski definition) is 4. The standard InChI is InChI=1S/C19H29NO4/c1-6-10-23-11-9-20-18(22)19(5)8-7-15-14(4)16(21)12(2)13(3)17(15)24-19/h21H,6-11H2,1-5H3,(H,20,22). The molecule has 1 amide bonds. The van der Waals surface area contributed by atoms with Crippen LogP contribution in [-0.2, 0) is 16.0 Å². The van der Waals surface area contributed by atoms with Gasteiger partial charge in [-0.05, 0) is 57.2 Å². The van der Waals surface area contributed by atoms with Crippen LogP contribution in [0.5, 0.6) is 11.5 Å². The van der Waals surface area contributed by atoms with E-state index in [4.69, 9.17) is 9.47 Å². The van der Waals surface area contributed by atoms with Gasteiger partial charge in [0, 0.05) is 25.1 Å². The Kier molecular flexibility index (Phi) is 5.75. The van der Waals surface area contributed by atoms with Gasteiger partial charge in [-0.1, -0.05) is 6.92 Å². The molecule has 0 saturated carbocycles. The second-order valence-electron chi connectivity index (χ2n) is 6.73. The summed E-state index contributed by atoms with van der Waals surface area (Å²) in [5.74, 6) is 0.959. The Morgan fingerprint density at radius 3 is 2.62 bits per heavy atom. The average Bonchev–Trinajstić information content (AvgIpc) is 2.57. The van der Waals surface area contributed by atoms with Crippen LogP contribution in [0.25, 0.3) is 0 Å². The molecule has 0 saturated heterocycles. The lowest BCUT2D eigenvalue weighted by atomic mass is 9.86. The van der Waals surface area contributed by atoms with Crippen molar-refractivity contribution in [2.24, 2.45) is 0 Å². The van der Waals surface area contributed by atoms with Gasteiger partial charge in [0.15, 0.2) is 5.60 Å². The zero-order chi connectivity index (χ0) is 17.9. The van der Waals surface area contributed by atoms with Crippen molar-refractivity contribution in [2.45, 2.75) is 59.5 Å². The van der Waals surface area contributed by atoms with E-state index in [1.807, 2.05) is 27.7 Å². The number of amides is 1. The highest BCUT2D eigenvalue weighted by Gasteiger charge is 2.40. The zero-order valence-electron chi connectivity index (χ0n) is 15.4. The van der Waals surface area contributed by atoms with E-state index in [1.54, 1.807) is 0 Å². The third-order valence-electron chi connectivity index (χ3n) is 4.88. The molecule has 0 aromatic heterocycles. The molecule has 1 aliphatic rings. The van der Waals surface area contributed by atoms with Gasteiger partial charge in [-0.15, -0.1) is 0 Å². The van der Waals surface area contributed by atoms with E-state index in [0.717, 1.165) is 34.4 Å². The highest BCUT2D eigenvalue weighted by atomic mass is 16.5. The Morgan fingerprint density at radius 1 is 1.25 bits per heavy atom. The van der Waals surface area contributed by atoms with Crippen molar-refractivity contribution in [1.82, 2.24) is 5.32 Å². The lowest BCUT2D eigenvalue weighted by Gasteiger charge is -2.36.